The van der Waals surface area contributed by atoms with Gasteiger partial charge in [0.2, 0.25) is 0 Å². The first-order valence-corrected chi connectivity index (χ1v) is 5.79. The van der Waals surface area contributed by atoms with Crippen molar-refractivity contribution in [3.63, 3.8) is 0 Å². The minimum atomic E-state index is 1.25. The van der Waals surface area contributed by atoms with Crippen LogP contribution in [0.25, 0.3) is 0 Å². The van der Waals surface area contributed by atoms with E-state index in [9.17, 15) is 0 Å². The Labute approximate surface area is 85.4 Å². The lowest BCUT2D eigenvalue weighted by atomic mass is 10.2. The highest BCUT2D eigenvalue weighted by Gasteiger charge is 2.03. The maximum atomic E-state index is 2.24. The Hall–Kier alpha value is -0.260. The largest absolute Gasteiger partial charge is 0.0744 e. The molecule has 0 heterocycles. The first-order chi connectivity index (χ1) is 6.13. The van der Waals surface area contributed by atoms with Crippen molar-refractivity contribution in [2.45, 2.75) is 73.6 Å². The Kier molecular flexibility index (Phi) is 13.7. The summed E-state index contributed by atoms with van der Waals surface area (Å²) in [6.45, 7) is 13.0. The van der Waals surface area contributed by atoms with Crippen molar-refractivity contribution in [2.75, 3.05) is 0 Å². The van der Waals surface area contributed by atoms with Crippen LogP contribution in [0.2, 0.25) is 0 Å². The van der Waals surface area contributed by atoms with Crippen LogP contribution in [0.4, 0.5) is 0 Å². The van der Waals surface area contributed by atoms with E-state index in [0.29, 0.717) is 0 Å². The average molecular weight is 184 g/mol. The van der Waals surface area contributed by atoms with Crippen LogP contribution in [-0.2, 0) is 0 Å². The monoisotopic (exact) mass is 184 g/mol. The van der Waals surface area contributed by atoms with Crippen molar-refractivity contribution in [3.8, 4) is 0 Å². The van der Waals surface area contributed by atoms with Gasteiger partial charge < -0.3 is 0 Å². The SMILES string of the molecule is CC1=C(C)CCC1.CCC.CCC. The summed E-state index contributed by atoms with van der Waals surface area (Å²) in [5.41, 5.74) is 3.25. The van der Waals surface area contributed by atoms with E-state index in [1.807, 2.05) is 0 Å². The fourth-order valence-corrected chi connectivity index (χ4v) is 1.05. The topological polar surface area (TPSA) is 0 Å². The van der Waals surface area contributed by atoms with E-state index in [2.05, 4.69) is 41.5 Å². The molecule has 0 saturated heterocycles. The molecule has 0 heteroatoms. The third-order valence-corrected chi connectivity index (χ3v) is 1.83. The van der Waals surface area contributed by atoms with Crippen molar-refractivity contribution in [1.29, 1.82) is 0 Å². The molecule has 0 saturated carbocycles. The Balaban J connectivity index is 0. The van der Waals surface area contributed by atoms with Crippen LogP contribution in [0, 0.1) is 0 Å². The van der Waals surface area contributed by atoms with Crippen LogP contribution in [-0.4, -0.2) is 0 Å². The second-order valence-electron chi connectivity index (χ2n) is 3.83. The number of hydrogen-bond acceptors (Lipinski definition) is 0. The standard InChI is InChI=1S/C7H12.2C3H8/c1-6-4-3-5-7(6)2;2*1-3-2/h3-5H2,1-2H3;2*3H2,1-2H3. The van der Waals surface area contributed by atoms with Gasteiger partial charge in [-0.15, -0.1) is 0 Å². The zero-order valence-corrected chi connectivity index (χ0v) is 10.5. The Morgan fingerprint density at radius 2 is 1.00 bits per heavy atom. The van der Waals surface area contributed by atoms with Crippen molar-refractivity contribution in [1.82, 2.24) is 0 Å². The lowest BCUT2D eigenvalue weighted by Gasteiger charge is -1.87. The summed E-state index contributed by atoms with van der Waals surface area (Å²) in [6.07, 6.45) is 6.61. The van der Waals surface area contributed by atoms with Crippen molar-refractivity contribution < 1.29 is 0 Å². The molecule has 0 aromatic carbocycles. The van der Waals surface area contributed by atoms with Crippen LogP contribution in [0.15, 0.2) is 11.1 Å². The highest BCUT2D eigenvalue weighted by atomic mass is 14.1. The fourth-order valence-electron chi connectivity index (χ4n) is 1.05. The Morgan fingerprint density at radius 1 is 0.769 bits per heavy atom. The van der Waals surface area contributed by atoms with Gasteiger partial charge in [0.25, 0.3) is 0 Å². The average Bonchev–Trinajstić information content (AvgIpc) is 2.39. The van der Waals surface area contributed by atoms with Crippen LogP contribution in [0.3, 0.4) is 0 Å². The Morgan fingerprint density at radius 3 is 1.08 bits per heavy atom. The molecule has 80 valence electrons. The van der Waals surface area contributed by atoms with Gasteiger partial charge in [-0.2, -0.15) is 0 Å². The summed E-state index contributed by atoms with van der Waals surface area (Å²) in [5.74, 6) is 0. The van der Waals surface area contributed by atoms with Gasteiger partial charge in [0.15, 0.2) is 0 Å². The molecule has 0 spiro atoms. The molecule has 0 aliphatic heterocycles. The second kappa shape index (κ2) is 11.7. The highest BCUT2D eigenvalue weighted by molar-refractivity contribution is 5.14. The number of allylic oxidation sites excluding steroid dienone is 2. The molecule has 0 N–H and O–H groups in total. The molecular formula is C13H28. The second-order valence-corrected chi connectivity index (χ2v) is 3.83. The molecule has 0 aromatic rings. The van der Waals surface area contributed by atoms with Gasteiger partial charge >= 0.3 is 0 Å². The summed E-state index contributed by atoms with van der Waals surface area (Å²) in [4.78, 5) is 0. The first kappa shape index (κ1) is 15.2. The van der Waals surface area contributed by atoms with E-state index in [-0.39, 0.29) is 0 Å². The van der Waals surface area contributed by atoms with E-state index in [0.717, 1.165) is 0 Å². The van der Waals surface area contributed by atoms with Gasteiger partial charge in [0.1, 0.15) is 0 Å². The summed E-state index contributed by atoms with van der Waals surface area (Å²) in [5, 5.41) is 0. The number of hydrogen-bond donors (Lipinski definition) is 0. The maximum Gasteiger partial charge on any atom is -0.0317 e. The highest BCUT2D eigenvalue weighted by Crippen LogP contribution is 2.23. The van der Waals surface area contributed by atoms with E-state index >= 15 is 0 Å². The van der Waals surface area contributed by atoms with Crippen molar-refractivity contribution in [3.05, 3.63) is 11.1 Å². The predicted molar refractivity (Wildman–Crippen MR) is 64.2 cm³/mol. The van der Waals surface area contributed by atoms with E-state index in [1.165, 1.54) is 32.1 Å². The third-order valence-electron chi connectivity index (χ3n) is 1.83. The van der Waals surface area contributed by atoms with Gasteiger partial charge in [-0.25, -0.2) is 0 Å². The van der Waals surface area contributed by atoms with Gasteiger partial charge in [-0.05, 0) is 33.1 Å². The fraction of sp³-hybridized carbons (Fsp3) is 0.846. The maximum absolute atomic E-state index is 2.24. The van der Waals surface area contributed by atoms with Crippen LogP contribution in [0.1, 0.15) is 73.6 Å². The molecular weight excluding hydrogens is 156 g/mol. The van der Waals surface area contributed by atoms with Gasteiger partial charge in [-0.3, -0.25) is 0 Å². The van der Waals surface area contributed by atoms with E-state index in [4.69, 9.17) is 0 Å². The van der Waals surface area contributed by atoms with Crippen LogP contribution in [0.5, 0.6) is 0 Å². The molecule has 0 aromatic heterocycles. The summed E-state index contributed by atoms with van der Waals surface area (Å²) < 4.78 is 0. The molecule has 0 fully saturated rings. The molecule has 0 atom stereocenters. The summed E-state index contributed by atoms with van der Waals surface area (Å²) >= 11 is 0. The molecule has 0 radical (unpaired) electrons. The lowest BCUT2D eigenvalue weighted by molar-refractivity contribution is 0.893. The van der Waals surface area contributed by atoms with E-state index < -0.39 is 0 Å². The molecule has 1 rings (SSSR count). The first-order valence-electron chi connectivity index (χ1n) is 5.79. The third kappa shape index (κ3) is 11.7. The van der Waals surface area contributed by atoms with Crippen molar-refractivity contribution >= 4 is 0 Å². The van der Waals surface area contributed by atoms with E-state index in [1.54, 1.807) is 11.1 Å². The van der Waals surface area contributed by atoms with Crippen LogP contribution < -0.4 is 0 Å². The zero-order chi connectivity index (χ0) is 10.7. The van der Waals surface area contributed by atoms with Crippen molar-refractivity contribution in [2.24, 2.45) is 0 Å². The normalized spacial score (nSPS) is 14.3. The molecule has 1 aliphatic carbocycles. The smallest absolute Gasteiger partial charge is 0.0317 e. The quantitative estimate of drug-likeness (QED) is 0.446. The number of rotatable bonds is 0. The van der Waals surface area contributed by atoms with Gasteiger partial charge in [0, 0.05) is 0 Å². The van der Waals surface area contributed by atoms with Gasteiger partial charge in [-0.1, -0.05) is 51.7 Å². The molecule has 0 bridgehead atoms. The minimum Gasteiger partial charge on any atom is -0.0744 e. The zero-order valence-electron chi connectivity index (χ0n) is 10.5. The predicted octanol–water partition coefficient (Wildman–Crippen LogP) is 5.34. The van der Waals surface area contributed by atoms with Gasteiger partial charge in [0.05, 0.1) is 0 Å². The minimum absolute atomic E-state index is 1.25. The molecule has 0 nitrogen and oxygen atoms in total. The lowest BCUT2D eigenvalue weighted by Crippen LogP contribution is -1.66. The molecule has 1 aliphatic rings. The van der Waals surface area contributed by atoms with Crippen LogP contribution >= 0.6 is 0 Å². The molecule has 0 amide bonds. The summed E-state index contributed by atoms with van der Waals surface area (Å²) in [7, 11) is 0. The summed E-state index contributed by atoms with van der Waals surface area (Å²) in [6, 6.07) is 0. The molecule has 0 unspecified atom stereocenters. The molecule has 13 heavy (non-hydrogen) atoms. The Bertz CT molecular complexity index is 106.